The number of benzene rings is 2. The molecule has 0 amide bonds. The Balaban J connectivity index is 2.18. The molecular weight excluding hydrogens is 212 g/mol. The van der Waals surface area contributed by atoms with E-state index in [4.69, 9.17) is 11.2 Å². The van der Waals surface area contributed by atoms with E-state index in [1.54, 1.807) is 12.1 Å². The fourth-order valence-electron chi connectivity index (χ4n) is 1.52. The maximum Gasteiger partial charge on any atom is 0.148 e. The Kier molecular flexibility index (Phi) is 3.32. The van der Waals surface area contributed by atoms with Crippen LogP contribution in [0.15, 0.2) is 48.5 Å². The normalized spacial score (nSPS) is 9.59. The van der Waals surface area contributed by atoms with Crippen LogP contribution in [0.2, 0.25) is 0 Å². The molecule has 0 heterocycles. The lowest BCUT2D eigenvalue weighted by Crippen LogP contribution is -1.92. The van der Waals surface area contributed by atoms with E-state index >= 15 is 0 Å². The van der Waals surface area contributed by atoms with Crippen LogP contribution in [0.5, 0.6) is 11.5 Å². The number of hydrogen-bond donors (Lipinski definition) is 1. The molecule has 1 N–H and O–H groups in total. The van der Waals surface area contributed by atoms with Crippen molar-refractivity contribution in [2.45, 2.75) is 0 Å². The largest absolute Gasteiger partial charge is 0.508 e. The molecule has 0 unspecified atom stereocenters. The zero-order valence-corrected chi connectivity index (χ0v) is 9.26. The summed E-state index contributed by atoms with van der Waals surface area (Å²) in [5.41, 5.74) is 2.12. The van der Waals surface area contributed by atoms with Crippen LogP contribution >= 0.6 is 0 Å². The zero-order valence-electron chi connectivity index (χ0n) is 9.26. The first-order chi connectivity index (χ1) is 8.29. The van der Waals surface area contributed by atoms with Crippen molar-refractivity contribution in [3.8, 4) is 35.0 Å². The molecule has 0 aliphatic heterocycles. The predicted molar refractivity (Wildman–Crippen MR) is 67.9 cm³/mol. The van der Waals surface area contributed by atoms with Crippen molar-refractivity contribution in [2.24, 2.45) is 0 Å². The molecule has 84 valence electrons. The Morgan fingerprint density at radius 2 is 1.47 bits per heavy atom. The smallest absolute Gasteiger partial charge is 0.148 e. The first-order valence-electron chi connectivity index (χ1n) is 5.25. The minimum absolute atomic E-state index is 0.266. The van der Waals surface area contributed by atoms with Crippen molar-refractivity contribution < 1.29 is 9.84 Å². The highest BCUT2D eigenvalue weighted by Crippen LogP contribution is 2.24. The van der Waals surface area contributed by atoms with Gasteiger partial charge in [0.15, 0.2) is 0 Å². The molecule has 2 heteroatoms. The third kappa shape index (κ3) is 2.79. The molecule has 2 nitrogen and oxygen atoms in total. The van der Waals surface area contributed by atoms with Gasteiger partial charge in [0.2, 0.25) is 0 Å². The average Bonchev–Trinajstić information content (AvgIpc) is 2.38. The second kappa shape index (κ2) is 5.09. The lowest BCUT2D eigenvalue weighted by Gasteiger charge is -2.05. The summed E-state index contributed by atoms with van der Waals surface area (Å²) < 4.78 is 5.29. The summed E-state index contributed by atoms with van der Waals surface area (Å²) in [5.74, 6) is 3.44. The Bertz CT molecular complexity index is 518. The van der Waals surface area contributed by atoms with Gasteiger partial charge < -0.3 is 9.84 Å². The van der Waals surface area contributed by atoms with Crippen molar-refractivity contribution in [3.05, 3.63) is 48.5 Å². The molecule has 2 aromatic rings. The number of rotatable bonds is 3. The van der Waals surface area contributed by atoms with E-state index in [1.807, 2.05) is 36.4 Å². The second-order valence-electron chi connectivity index (χ2n) is 3.56. The molecule has 0 bridgehead atoms. The molecular formula is C15H12O2. The standard InChI is InChI=1S/C15H12O2/c1-2-11-17-15-9-5-13(6-10-15)12-3-7-14(16)8-4-12/h1,3-10,16H,11H2. The molecule has 0 atom stereocenters. The van der Waals surface area contributed by atoms with Gasteiger partial charge in [0.25, 0.3) is 0 Å². The van der Waals surface area contributed by atoms with Crippen molar-refractivity contribution >= 4 is 0 Å². The van der Waals surface area contributed by atoms with Gasteiger partial charge in [-0.3, -0.25) is 0 Å². The zero-order chi connectivity index (χ0) is 12.1. The SMILES string of the molecule is C#CCOc1ccc(-c2ccc(O)cc2)cc1. The number of hydrogen-bond acceptors (Lipinski definition) is 2. The number of terminal acetylenes is 1. The number of ether oxygens (including phenoxy) is 1. The summed E-state index contributed by atoms with van der Waals surface area (Å²) in [6, 6.07) is 14.7. The summed E-state index contributed by atoms with van der Waals surface area (Å²) >= 11 is 0. The van der Waals surface area contributed by atoms with Crippen molar-refractivity contribution in [1.29, 1.82) is 0 Å². The minimum Gasteiger partial charge on any atom is -0.508 e. The van der Waals surface area contributed by atoms with Crippen LogP contribution in [-0.4, -0.2) is 11.7 Å². The summed E-state index contributed by atoms with van der Waals surface area (Å²) in [6.45, 7) is 0.276. The molecule has 0 aliphatic carbocycles. The fraction of sp³-hybridized carbons (Fsp3) is 0.0667. The third-order valence-corrected chi connectivity index (χ3v) is 2.38. The molecule has 0 saturated heterocycles. The van der Waals surface area contributed by atoms with E-state index in [0.29, 0.717) is 0 Å². The molecule has 0 saturated carbocycles. The van der Waals surface area contributed by atoms with Crippen LogP contribution in [0, 0.1) is 12.3 Å². The number of phenols is 1. The molecule has 0 spiro atoms. The topological polar surface area (TPSA) is 29.5 Å². The van der Waals surface area contributed by atoms with E-state index in [9.17, 15) is 5.11 Å². The van der Waals surface area contributed by atoms with Crippen LogP contribution in [0.1, 0.15) is 0 Å². The van der Waals surface area contributed by atoms with Gasteiger partial charge in [0.05, 0.1) is 0 Å². The predicted octanol–water partition coefficient (Wildman–Crippen LogP) is 3.07. The van der Waals surface area contributed by atoms with Gasteiger partial charge in [0.1, 0.15) is 18.1 Å². The number of aromatic hydroxyl groups is 1. The molecule has 0 fully saturated rings. The van der Waals surface area contributed by atoms with Crippen molar-refractivity contribution in [1.82, 2.24) is 0 Å². The van der Waals surface area contributed by atoms with Gasteiger partial charge in [-0.15, -0.1) is 6.42 Å². The van der Waals surface area contributed by atoms with E-state index in [1.165, 1.54) is 0 Å². The molecule has 0 aliphatic rings. The Morgan fingerprint density at radius 3 is 2.00 bits per heavy atom. The average molecular weight is 224 g/mol. The second-order valence-corrected chi connectivity index (χ2v) is 3.56. The molecule has 0 radical (unpaired) electrons. The molecule has 17 heavy (non-hydrogen) atoms. The van der Waals surface area contributed by atoms with Gasteiger partial charge >= 0.3 is 0 Å². The minimum atomic E-state index is 0.266. The highest BCUT2D eigenvalue weighted by Gasteiger charge is 1.98. The molecule has 2 aromatic carbocycles. The first-order valence-corrected chi connectivity index (χ1v) is 5.25. The maximum absolute atomic E-state index is 9.21. The van der Waals surface area contributed by atoms with Crippen LogP contribution in [-0.2, 0) is 0 Å². The van der Waals surface area contributed by atoms with Crippen LogP contribution in [0.4, 0.5) is 0 Å². The summed E-state index contributed by atoms with van der Waals surface area (Å²) in [7, 11) is 0. The van der Waals surface area contributed by atoms with Gasteiger partial charge in [-0.1, -0.05) is 30.2 Å². The highest BCUT2D eigenvalue weighted by atomic mass is 16.5. The lowest BCUT2D eigenvalue weighted by atomic mass is 10.1. The van der Waals surface area contributed by atoms with Gasteiger partial charge in [-0.25, -0.2) is 0 Å². The Labute approximate surface area is 100 Å². The van der Waals surface area contributed by atoms with E-state index < -0.39 is 0 Å². The third-order valence-electron chi connectivity index (χ3n) is 2.38. The van der Waals surface area contributed by atoms with Crippen LogP contribution in [0.3, 0.4) is 0 Å². The maximum atomic E-state index is 9.21. The monoisotopic (exact) mass is 224 g/mol. The van der Waals surface area contributed by atoms with Gasteiger partial charge in [-0.2, -0.15) is 0 Å². The Hall–Kier alpha value is -2.40. The lowest BCUT2D eigenvalue weighted by molar-refractivity contribution is 0.370. The number of phenolic OH excluding ortho intramolecular Hbond substituents is 1. The van der Waals surface area contributed by atoms with Crippen LogP contribution < -0.4 is 4.74 Å². The summed E-state index contributed by atoms with van der Waals surface area (Å²) in [5, 5.41) is 9.21. The van der Waals surface area contributed by atoms with E-state index in [2.05, 4.69) is 5.92 Å². The molecule has 2 rings (SSSR count). The summed E-state index contributed by atoms with van der Waals surface area (Å²) in [4.78, 5) is 0. The van der Waals surface area contributed by atoms with Crippen molar-refractivity contribution in [2.75, 3.05) is 6.61 Å². The van der Waals surface area contributed by atoms with Gasteiger partial charge in [0, 0.05) is 0 Å². The van der Waals surface area contributed by atoms with E-state index in [0.717, 1.165) is 16.9 Å². The van der Waals surface area contributed by atoms with Crippen molar-refractivity contribution in [3.63, 3.8) is 0 Å². The highest BCUT2D eigenvalue weighted by molar-refractivity contribution is 5.64. The summed E-state index contributed by atoms with van der Waals surface area (Å²) in [6.07, 6.45) is 5.11. The van der Waals surface area contributed by atoms with E-state index in [-0.39, 0.29) is 12.4 Å². The first kappa shape index (κ1) is 11.1. The Morgan fingerprint density at radius 1 is 0.941 bits per heavy atom. The quantitative estimate of drug-likeness (QED) is 0.812. The van der Waals surface area contributed by atoms with Crippen LogP contribution in [0.25, 0.3) is 11.1 Å². The van der Waals surface area contributed by atoms with Gasteiger partial charge in [-0.05, 0) is 35.4 Å². The fourth-order valence-corrected chi connectivity index (χ4v) is 1.52. The molecule has 0 aromatic heterocycles.